The Bertz CT molecular complexity index is 276. The van der Waals surface area contributed by atoms with Crippen molar-refractivity contribution in [3.05, 3.63) is 41.5 Å². The fourth-order valence-electron chi connectivity index (χ4n) is 1.07. The summed E-state index contributed by atoms with van der Waals surface area (Å²) in [6.07, 6.45) is 3.79. The van der Waals surface area contributed by atoms with Gasteiger partial charge < -0.3 is 0 Å². The third kappa shape index (κ3) is 0.672. The third-order valence-electron chi connectivity index (χ3n) is 1.55. The number of rotatable bonds is 0. The van der Waals surface area contributed by atoms with Crippen LogP contribution in [0.2, 0.25) is 0 Å². The van der Waals surface area contributed by atoms with Crippen molar-refractivity contribution in [2.45, 2.75) is 6.40 Å². The first kappa shape index (κ1) is 3.89. The Morgan fingerprint density at radius 3 is 3.11 bits per heavy atom. The zero-order chi connectivity index (χ0) is 6.97. The minimum Gasteiger partial charge on any atom is -0.0795 e. The van der Waals surface area contributed by atoms with Crippen molar-refractivity contribution in [2.75, 3.05) is 0 Å². The van der Waals surface area contributed by atoms with Crippen LogP contribution < -0.4 is 0 Å². The lowest BCUT2D eigenvalue weighted by Crippen LogP contribution is -1.76. The molecule has 0 aliphatic heterocycles. The van der Waals surface area contributed by atoms with Gasteiger partial charge in [0.1, 0.15) is 0 Å². The first-order valence-corrected chi connectivity index (χ1v) is 3.07. The Hall–Kier alpha value is -1.04. The van der Waals surface area contributed by atoms with Gasteiger partial charge in [-0.2, -0.15) is 0 Å². The molecule has 0 heteroatoms. The molecule has 0 radical (unpaired) electrons. The van der Waals surface area contributed by atoms with E-state index in [0.29, 0.717) is 0 Å². The van der Waals surface area contributed by atoms with Crippen molar-refractivity contribution < 1.29 is 1.37 Å². The smallest absolute Gasteiger partial charge is 0.0360 e. The van der Waals surface area contributed by atoms with Crippen molar-refractivity contribution in [1.82, 2.24) is 0 Å². The molecule has 0 nitrogen and oxygen atoms in total. The molecule has 1 aliphatic carbocycles. The highest BCUT2D eigenvalue weighted by molar-refractivity contribution is 5.59. The monoisotopic (exact) mass is 117 g/mol. The van der Waals surface area contributed by atoms with E-state index in [0.717, 1.165) is 5.56 Å². The van der Waals surface area contributed by atoms with Crippen LogP contribution in [-0.2, 0) is 6.40 Å². The van der Waals surface area contributed by atoms with Crippen LogP contribution in [0.15, 0.2) is 30.3 Å². The summed E-state index contributed by atoms with van der Waals surface area (Å²) in [7, 11) is 0. The molecule has 1 unspecified atom stereocenters. The van der Waals surface area contributed by atoms with Crippen LogP contribution in [-0.4, -0.2) is 0 Å². The summed E-state index contributed by atoms with van der Waals surface area (Å²) < 4.78 is 7.53. The Morgan fingerprint density at radius 1 is 1.33 bits per heavy atom. The van der Waals surface area contributed by atoms with E-state index in [4.69, 9.17) is 1.37 Å². The second-order valence-electron chi connectivity index (χ2n) is 2.15. The SMILES string of the molecule is [2H]C1C=Cc2ccccc21. The van der Waals surface area contributed by atoms with Gasteiger partial charge in [-0.1, -0.05) is 36.4 Å². The van der Waals surface area contributed by atoms with E-state index in [-0.39, 0.29) is 6.40 Å². The molecule has 0 saturated carbocycles. The van der Waals surface area contributed by atoms with Gasteiger partial charge in [0.05, 0.1) is 0 Å². The molecular weight excluding hydrogens is 108 g/mol. The molecule has 0 N–H and O–H groups in total. The number of hydrogen-bond donors (Lipinski definition) is 0. The van der Waals surface area contributed by atoms with Gasteiger partial charge in [-0.05, 0) is 17.5 Å². The molecule has 0 spiro atoms. The van der Waals surface area contributed by atoms with E-state index in [2.05, 4.69) is 0 Å². The van der Waals surface area contributed by atoms with Crippen LogP contribution in [0.5, 0.6) is 0 Å². The number of benzene rings is 1. The standard InChI is InChI=1S/C9H8/c1-2-5-9-7-3-6-8(9)4-1/h1-6H,7H2/i7D. The molecular formula is C9H8. The van der Waals surface area contributed by atoms with E-state index in [1.807, 2.05) is 36.4 Å². The number of hydrogen-bond acceptors (Lipinski definition) is 0. The Kier molecular flexibility index (Phi) is 0.746. The average Bonchev–Trinajstić information content (AvgIpc) is 2.34. The highest BCUT2D eigenvalue weighted by Gasteiger charge is 2.00. The second kappa shape index (κ2) is 1.73. The van der Waals surface area contributed by atoms with Crippen LogP contribution in [0.25, 0.3) is 6.08 Å². The minimum atomic E-state index is -0.129. The van der Waals surface area contributed by atoms with Crippen molar-refractivity contribution in [3.63, 3.8) is 0 Å². The van der Waals surface area contributed by atoms with Gasteiger partial charge in [0.2, 0.25) is 0 Å². The maximum Gasteiger partial charge on any atom is 0.0360 e. The fraction of sp³-hybridized carbons (Fsp3) is 0.111. The molecule has 0 aromatic heterocycles. The average molecular weight is 117 g/mol. The molecule has 9 heavy (non-hydrogen) atoms. The molecule has 0 amide bonds. The topological polar surface area (TPSA) is 0 Å². The molecule has 0 fully saturated rings. The Morgan fingerprint density at radius 2 is 2.22 bits per heavy atom. The van der Waals surface area contributed by atoms with Crippen molar-refractivity contribution in [1.29, 1.82) is 0 Å². The molecule has 2 rings (SSSR count). The lowest BCUT2D eigenvalue weighted by Gasteiger charge is -1.93. The quantitative estimate of drug-likeness (QED) is 0.489. The van der Waals surface area contributed by atoms with Gasteiger partial charge in [0, 0.05) is 1.37 Å². The van der Waals surface area contributed by atoms with E-state index >= 15 is 0 Å². The van der Waals surface area contributed by atoms with Gasteiger partial charge in [-0.15, -0.1) is 0 Å². The summed E-state index contributed by atoms with van der Waals surface area (Å²) in [5.74, 6) is 0. The number of fused-ring (bicyclic) bond motifs is 1. The zero-order valence-corrected chi connectivity index (χ0v) is 5.04. The lowest BCUT2D eigenvalue weighted by molar-refractivity contribution is 1.31. The van der Waals surface area contributed by atoms with Gasteiger partial charge in [0.15, 0.2) is 0 Å². The summed E-state index contributed by atoms with van der Waals surface area (Å²) >= 11 is 0. The molecule has 1 aromatic carbocycles. The van der Waals surface area contributed by atoms with Crippen molar-refractivity contribution in [3.8, 4) is 0 Å². The van der Waals surface area contributed by atoms with Gasteiger partial charge >= 0.3 is 0 Å². The van der Waals surface area contributed by atoms with E-state index in [1.165, 1.54) is 5.56 Å². The summed E-state index contributed by atoms with van der Waals surface area (Å²) in [6.45, 7) is 0. The normalized spacial score (nSPS) is 23.6. The van der Waals surface area contributed by atoms with Crippen LogP contribution in [0.4, 0.5) is 0 Å². The molecule has 1 aromatic rings. The second-order valence-corrected chi connectivity index (χ2v) is 2.15. The summed E-state index contributed by atoms with van der Waals surface area (Å²) in [5.41, 5.74) is 2.32. The first-order chi connectivity index (χ1) is 4.88. The van der Waals surface area contributed by atoms with Crippen LogP contribution in [0.3, 0.4) is 0 Å². The van der Waals surface area contributed by atoms with Crippen molar-refractivity contribution in [2.24, 2.45) is 0 Å². The maximum absolute atomic E-state index is 7.53. The molecule has 1 atom stereocenters. The molecule has 1 aliphatic rings. The first-order valence-electron chi connectivity index (χ1n) is 3.65. The largest absolute Gasteiger partial charge is 0.0795 e. The highest BCUT2D eigenvalue weighted by atomic mass is 14.0. The Balaban J connectivity index is 2.59. The van der Waals surface area contributed by atoms with Crippen LogP contribution in [0.1, 0.15) is 12.5 Å². The van der Waals surface area contributed by atoms with Crippen molar-refractivity contribution >= 4 is 6.08 Å². The maximum atomic E-state index is 7.53. The fourth-order valence-corrected chi connectivity index (χ4v) is 1.07. The Labute approximate surface area is 56.2 Å². The number of allylic oxidation sites excluding steroid dienone is 1. The lowest BCUT2D eigenvalue weighted by atomic mass is 10.1. The van der Waals surface area contributed by atoms with Crippen LogP contribution >= 0.6 is 0 Å². The third-order valence-corrected chi connectivity index (χ3v) is 1.55. The molecule has 0 saturated heterocycles. The summed E-state index contributed by atoms with van der Waals surface area (Å²) in [6, 6.07) is 8.03. The van der Waals surface area contributed by atoms with E-state index in [1.54, 1.807) is 0 Å². The van der Waals surface area contributed by atoms with E-state index in [9.17, 15) is 0 Å². The minimum absolute atomic E-state index is 0.129. The molecule has 0 bridgehead atoms. The zero-order valence-electron chi connectivity index (χ0n) is 6.04. The molecule has 44 valence electrons. The summed E-state index contributed by atoms with van der Waals surface area (Å²) in [4.78, 5) is 0. The molecule has 0 heterocycles. The van der Waals surface area contributed by atoms with Crippen LogP contribution in [0, 0.1) is 0 Å². The van der Waals surface area contributed by atoms with Gasteiger partial charge in [-0.3, -0.25) is 0 Å². The highest BCUT2D eigenvalue weighted by Crippen LogP contribution is 2.17. The summed E-state index contributed by atoms with van der Waals surface area (Å²) in [5, 5.41) is 0. The van der Waals surface area contributed by atoms with Gasteiger partial charge in [0.25, 0.3) is 0 Å². The predicted molar refractivity (Wildman–Crippen MR) is 39.2 cm³/mol. The van der Waals surface area contributed by atoms with E-state index < -0.39 is 0 Å². The predicted octanol–water partition coefficient (Wildman–Crippen LogP) is 2.26. The van der Waals surface area contributed by atoms with Gasteiger partial charge in [-0.25, -0.2) is 0 Å².